The van der Waals surface area contributed by atoms with E-state index in [2.05, 4.69) is 24.1 Å². The van der Waals surface area contributed by atoms with Crippen LogP contribution in [-0.4, -0.2) is 52.5 Å². The molecular formula is C23H29N3O3S. The minimum Gasteiger partial charge on any atom is -0.497 e. The maximum atomic E-state index is 13.3. The fraction of sp³-hybridized carbons (Fsp3) is 0.435. The average molecular weight is 428 g/mol. The van der Waals surface area contributed by atoms with Crippen LogP contribution < -0.4 is 10.1 Å². The first-order valence-electron chi connectivity index (χ1n) is 10.3. The first kappa shape index (κ1) is 22.2. The number of amides is 2. The highest BCUT2D eigenvalue weighted by atomic mass is 32.2. The second kappa shape index (κ2) is 10.5. The predicted molar refractivity (Wildman–Crippen MR) is 120 cm³/mol. The molecule has 1 N–H and O–H groups in total. The molecule has 0 spiro atoms. The number of rotatable bonds is 8. The summed E-state index contributed by atoms with van der Waals surface area (Å²) in [4.78, 5) is 32.3. The summed E-state index contributed by atoms with van der Waals surface area (Å²) in [6.45, 7) is 4.77. The summed E-state index contributed by atoms with van der Waals surface area (Å²) in [5, 5.41) is 2.99. The van der Waals surface area contributed by atoms with Gasteiger partial charge < -0.3 is 15.0 Å². The molecule has 160 valence electrons. The Balaban J connectivity index is 1.70. The van der Waals surface area contributed by atoms with Gasteiger partial charge in [-0.15, -0.1) is 11.8 Å². The molecule has 7 heteroatoms. The van der Waals surface area contributed by atoms with E-state index < -0.39 is 6.04 Å². The van der Waals surface area contributed by atoms with E-state index in [0.29, 0.717) is 35.9 Å². The Labute approximate surface area is 182 Å². The van der Waals surface area contributed by atoms with E-state index in [-0.39, 0.29) is 17.2 Å². The number of benzene rings is 1. The summed E-state index contributed by atoms with van der Waals surface area (Å²) < 4.78 is 5.19. The van der Waals surface area contributed by atoms with Crippen LogP contribution in [0.1, 0.15) is 36.3 Å². The first-order chi connectivity index (χ1) is 14.5. The number of nitrogens with one attached hydrogen (secondary N) is 1. The fourth-order valence-electron chi connectivity index (χ4n) is 3.48. The minimum atomic E-state index is -0.475. The summed E-state index contributed by atoms with van der Waals surface area (Å²) in [5.41, 5.74) is 1.50. The zero-order chi connectivity index (χ0) is 21.5. The number of pyridine rings is 1. The highest BCUT2D eigenvalue weighted by molar-refractivity contribution is 8.00. The third-order valence-electron chi connectivity index (χ3n) is 5.05. The van der Waals surface area contributed by atoms with E-state index in [1.165, 1.54) is 0 Å². The minimum absolute atomic E-state index is 0.00820. The van der Waals surface area contributed by atoms with Crippen LogP contribution in [0.4, 0.5) is 0 Å². The molecule has 0 radical (unpaired) electrons. The molecule has 0 saturated carbocycles. The van der Waals surface area contributed by atoms with Gasteiger partial charge in [0.2, 0.25) is 5.91 Å². The SMILES string of the molecule is COc1ccc(C(=O)N2C(CC(C)C)SCC2C(=O)NCCc2ccccn2)cc1. The zero-order valence-corrected chi connectivity index (χ0v) is 18.5. The molecule has 1 aromatic carbocycles. The molecule has 2 atom stereocenters. The third kappa shape index (κ3) is 5.53. The maximum Gasteiger partial charge on any atom is 0.255 e. The van der Waals surface area contributed by atoms with Gasteiger partial charge in [0.05, 0.1) is 12.5 Å². The summed E-state index contributed by atoms with van der Waals surface area (Å²) in [7, 11) is 1.60. The standard InChI is InChI=1S/C23H29N3O3S/c1-16(2)14-21-26(23(28)17-7-9-19(29-3)10-8-17)20(15-30-21)22(27)25-13-11-18-6-4-5-12-24-18/h4-10,12,16,20-21H,11,13-15H2,1-3H3,(H,25,27). The Morgan fingerprint density at radius 1 is 1.23 bits per heavy atom. The van der Waals surface area contributed by atoms with Gasteiger partial charge in [-0.25, -0.2) is 0 Å². The van der Waals surface area contributed by atoms with Crippen molar-refractivity contribution in [1.29, 1.82) is 0 Å². The Hall–Kier alpha value is -2.54. The van der Waals surface area contributed by atoms with Crippen molar-refractivity contribution in [3.63, 3.8) is 0 Å². The lowest BCUT2D eigenvalue weighted by atomic mass is 10.1. The largest absolute Gasteiger partial charge is 0.497 e. The number of carbonyl (C=O) groups is 2. The van der Waals surface area contributed by atoms with Crippen LogP contribution in [-0.2, 0) is 11.2 Å². The van der Waals surface area contributed by atoms with Crippen LogP contribution in [0.15, 0.2) is 48.7 Å². The third-order valence-corrected chi connectivity index (χ3v) is 6.36. The maximum absolute atomic E-state index is 13.3. The Morgan fingerprint density at radius 2 is 2.00 bits per heavy atom. The number of hydrogen-bond donors (Lipinski definition) is 1. The van der Waals surface area contributed by atoms with Crippen molar-refractivity contribution in [2.75, 3.05) is 19.4 Å². The lowest BCUT2D eigenvalue weighted by Gasteiger charge is -2.30. The molecule has 0 aliphatic carbocycles. The second-order valence-electron chi connectivity index (χ2n) is 7.74. The molecule has 1 aromatic heterocycles. The topological polar surface area (TPSA) is 71.5 Å². The normalized spacial score (nSPS) is 18.5. The van der Waals surface area contributed by atoms with E-state index in [4.69, 9.17) is 4.74 Å². The second-order valence-corrected chi connectivity index (χ2v) is 8.95. The molecule has 2 unspecified atom stereocenters. The molecule has 3 rings (SSSR count). The van der Waals surface area contributed by atoms with Crippen molar-refractivity contribution >= 4 is 23.6 Å². The molecule has 1 fully saturated rings. The number of hydrogen-bond acceptors (Lipinski definition) is 5. The van der Waals surface area contributed by atoms with Gasteiger partial charge in [-0.2, -0.15) is 0 Å². The molecule has 1 saturated heterocycles. The van der Waals surface area contributed by atoms with Crippen LogP contribution in [0.25, 0.3) is 0 Å². The van der Waals surface area contributed by atoms with Gasteiger partial charge in [0.15, 0.2) is 0 Å². The molecule has 2 heterocycles. The van der Waals surface area contributed by atoms with Crippen molar-refractivity contribution in [1.82, 2.24) is 15.2 Å². The number of carbonyl (C=O) groups excluding carboxylic acids is 2. The van der Waals surface area contributed by atoms with Crippen molar-refractivity contribution in [3.8, 4) is 5.75 Å². The van der Waals surface area contributed by atoms with Gasteiger partial charge in [0.1, 0.15) is 11.8 Å². The van der Waals surface area contributed by atoms with E-state index in [1.54, 1.807) is 54.2 Å². The highest BCUT2D eigenvalue weighted by Crippen LogP contribution is 2.35. The number of ether oxygens (including phenoxy) is 1. The first-order valence-corrected chi connectivity index (χ1v) is 11.3. The molecule has 1 aliphatic heterocycles. The van der Waals surface area contributed by atoms with Gasteiger partial charge in [0, 0.05) is 36.2 Å². The van der Waals surface area contributed by atoms with Crippen molar-refractivity contribution < 1.29 is 14.3 Å². The van der Waals surface area contributed by atoms with Crippen LogP contribution in [0.5, 0.6) is 5.75 Å². The fourth-order valence-corrected chi connectivity index (χ4v) is 5.12. The lowest BCUT2D eigenvalue weighted by Crippen LogP contribution is -2.50. The molecule has 2 amide bonds. The van der Waals surface area contributed by atoms with E-state index in [9.17, 15) is 9.59 Å². The van der Waals surface area contributed by atoms with Gasteiger partial charge in [-0.1, -0.05) is 19.9 Å². The molecule has 6 nitrogen and oxygen atoms in total. The molecular weight excluding hydrogens is 398 g/mol. The van der Waals surface area contributed by atoms with Crippen molar-refractivity contribution in [3.05, 3.63) is 59.9 Å². The average Bonchev–Trinajstić information content (AvgIpc) is 3.17. The van der Waals surface area contributed by atoms with E-state index in [0.717, 1.165) is 12.1 Å². The molecule has 30 heavy (non-hydrogen) atoms. The van der Waals surface area contributed by atoms with E-state index in [1.807, 2.05) is 18.2 Å². The van der Waals surface area contributed by atoms with Crippen LogP contribution in [0, 0.1) is 5.92 Å². The Morgan fingerprint density at radius 3 is 2.63 bits per heavy atom. The van der Waals surface area contributed by atoms with Gasteiger partial charge in [0.25, 0.3) is 5.91 Å². The predicted octanol–water partition coefficient (Wildman–Crippen LogP) is 3.38. The van der Waals surface area contributed by atoms with Crippen LogP contribution in [0.2, 0.25) is 0 Å². The van der Waals surface area contributed by atoms with Gasteiger partial charge >= 0.3 is 0 Å². The summed E-state index contributed by atoms with van der Waals surface area (Å²) >= 11 is 1.68. The number of thioether (sulfide) groups is 1. The number of aromatic nitrogens is 1. The lowest BCUT2D eigenvalue weighted by molar-refractivity contribution is -0.124. The van der Waals surface area contributed by atoms with Gasteiger partial charge in [-0.3, -0.25) is 14.6 Å². The summed E-state index contributed by atoms with van der Waals surface area (Å²) in [6.07, 6.45) is 3.26. The zero-order valence-electron chi connectivity index (χ0n) is 17.7. The molecule has 0 bridgehead atoms. The molecule has 2 aromatic rings. The Kier molecular flexibility index (Phi) is 7.74. The smallest absolute Gasteiger partial charge is 0.255 e. The number of methoxy groups -OCH3 is 1. The van der Waals surface area contributed by atoms with Gasteiger partial charge in [-0.05, 0) is 48.7 Å². The number of nitrogens with zero attached hydrogens (tertiary/aromatic N) is 2. The van der Waals surface area contributed by atoms with E-state index >= 15 is 0 Å². The highest BCUT2D eigenvalue weighted by Gasteiger charge is 2.41. The van der Waals surface area contributed by atoms with Crippen LogP contribution in [0.3, 0.4) is 0 Å². The van der Waals surface area contributed by atoms with Crippen molar-refractivity contribution in [2.24, 2.45) is 5.92 Å². The molecule has 1 aliphatic rings. The Bertz CT molecular complexity index is 843. The summed E-state index contributed by atoms with van der Waals surface area (Å²) in [6, 6.07) is 12.3. The van der Waals surface area contributed by atoms with Crippen LogP contribution >= 0.6 is 11.8 Å². The summed E-state index contributed by atoms with van der Waals surface area (Å²) in [5.74, 6) is 1.52. The van der Waals surface area contributed by atoms with Crippen molar-refractivity contribution in [2.45, 2.75) is 38.1 Å². The quantitative estimate of drug-likeness (QED) is 0.699. The monoisotopic (exact) mass is 427 g/mol.